The lowest BCUT2D eigenvalue weighted by molar-refractivity contribution is 0.0134. The molecule has 0 aliphatic carbocycles. The molecule has 1 saturated heterocycles. The fourth-order valence-corrected chi connectivity index (χ4v) is 3.51. The minimum Gasteiger partial charge on any atom is -0.390 e. The molecule has 0 aromatic carbocycles. The monoisotopic (exact) mass is 400 g/mol. The molecule has 1 rings (SSSR count). The quantitative estimate of drug-likeness (QED) is 0.227. The fraction of sp³-hybridized carbons (Fsp3) is 0.538. The minimum absolute atomic E-state index is 0.0660. The molecule has 0 amide bonds. The van der Waals surface area contributed by atoms with E-state index in [0.29, 0.717) is 19.3 Å². The van der Waals surface area contributed by atoms with Gasteiger partial charge in [0.25, 0.3) is 0 Å². The van der Waals surface area contributed by atoms with Gasteiger partial charge in [0.15, 0.2) is 0 Å². The smallest absolute Gasteiger partial charge is 0.0876 e. The van der Waals surface area contributed by atoms with Gasteiger partial charge in [-0.15, -0.1) is 6.58 Å². The Kier molecular flexibility index (Phi) is 11.8. The Morgan fingerprint density at radius 1 is 1.21 bits per heavy atom. The molecular weight excluding hydrogens is 360 g/mol. The Bertz CT molecular complexity index is 638. The van der Waals surface area contributed by atoms with Crippen LogP contribution in [0.15, 0.2) is 72.4 Å². The first kappa shape index (κ1) is 25.4. The van der Waals surface area contributed by atoms with Gasteiger partial charge in [-0.3, -0.25) is 0 Å². The lowest BCUT2D eigenvalue weighted by Gasteiger charge is -2.19. The van der Waals surface area contributed by atoms with Crippen molar-refractivity contribution in [2.24, 2.45) is 0 Å². The van der Waals surface area contributed by atoms with Crippen LogP contribution in [0.25, 0.3) is 0 Å². The Morgan fingerprint density at radius 2 is 1.93 bits per heavy atom. The Balaban J connectivity index is 2.38. The van der Waals surface area contributed by atoms with Crippen LogP contribution < -0.4 is 0 Å². The van der Waals surface area contributed by atoms with Crippen molar-refractivity contribution in [2.45, 2.75) is 90.1 Å². The Labute approximate surface area is 177 Å². The zero-order valence-electron chi connectivity index (χ0n) is 18.6. The number of ether oxygens (including phenoxy) is 1. The van der Waals surface area contributed by atoms with Crippen molar-refractivity contribution in [1.82, 2.24) is 0 Å². The summed E-state index contributed by atoms with van der Waals surface area (Å²) >= 11 is 0. The zero-order chi connectivity index (χ0) is 21.8. The van der Waals surface area contributed by atoms with Gasteiger partial charge in [0, 0.05) is 6.42 Å². The fourth-order valence-electron chi connectivity index (χ4n) is 3.51. The standard InChI is InChI=1S/C26H40O3/c1-7-8-9-10-11-12-19(2)15-21(4)16-20(3)13-14-24(27)22(5)17-26-25(28)18-23(6)29-26/h7,10-12,16,23-28H,1,4-5,8-9,13-15,17-18H2,2-3,6H3/b11-10+,19-12+,20-16+/t23-,24+,25+,26+/m1/s1. The molecular formula is C26H40O3. The first-order chi connectivity index (χ1) is 13.7. The topological polar surface area (TPSA) is 49.7 Å². The summed E-state index contributed by atoms with van der Waals surface area (Å²) in [6.45, 7) is 18.0. The van der Waals surface area contributed by atoms with Gasteiger partial charge in [-0.25, -0.2) is 0 Å². The summed E-state index contributed by atoms with van der Waals surface area (Å²) in [7, 11) is 0. The van der Waals surface area contributed by atoms with Crippen molar-refractivity contribution in [3.8, 4) is 0 Å². The van der Waals surface area contributed by atoms with Gasteiger partial charge >= 0.3 is 0 Å². The molecule has 0 radical (unpaired) electrons. The minimum atomic E-state index is -0.583. The highest BCUT2D eigenvalue weighted by atomic mass is 16.5. The number of hydrogen-bond donors (Lipinski definition) is 2. The third-order valence-electron chi connectivity index (χ3n) is 5.17. The first-order valence-electron chi connectivity index (χ1n) is 10.7. The maximum Gasteiger partial charge on any atom is 0.0876 e. The van der Waals surface area contributed by atoms with E-state index >= 15 is 0 Å². The Hall–Kier alpha value is -1.68. The predicted octanol–water partition coefficient (Wildman–Crippen LogP) is 5.97. The van der Waals surface area contributed by atoms with E-state index < -0.39 is 12.2 Å². The van der Waals surface area contributed by atoms with Crippen LogP contribution in [-0.2, 0) is 4.74 Å². The van der Waals surface area contributed by atoms with Gasteiger partial charge in [0.2, 0.25) is 0 Å². The maximum atomic E-state index is 10.4. The van der Waals surface area contributed by atoms with E-state index in [0.717, 1.165) is 36.8 Å². The third kappa shape index (κ3) is 10.6. The second-order valence-electron chi connectivity index (χ2n) is 8.34. The summed E-state index contributed by atoms with van der Waals surface area (Å²) in [4.78, 5) is 0. The first-order valence-corrected chi connectivity index (χ1v) is 10.7. The molecule has 0 unspecified atom stereocenters. The largest absolute Gasteiger partial charge is 0.390 e. The molecule has 0 saturated carbocycles. The van der Waals surface area contributed by atoms with Gasteiger partial charge in [-0.05, 0) is 64.9 Å². The molecule has 3 nitrogen and oxygen atoms in total. The summed E-state index contributed by atoms with van der Waals surface area (Å²) < 4.78 is 5.70. The molecule has 0 bridgehead atoms. The van der Waals surface area contributed by atoms with Crippen molar-refractivity contribution in [3.05, 3.63) is 72.4 Å². The van der Waals surface area contributed by atoms with Crippen molar-refractivity contribution in [3.63, 3.8) is 0 Å². The summed E-state index contributed by atoms with van der Waals surface area (Å²) in [5.41, 5.74) is 4.27. The normalized spacial score (nSPS) is 24.1. The Morgan fingerprint density at radius 3 is 2.55 bits per heavy atom. The lowest BCUT2D eigenvalue weighted by atomic mass is 9.96. The van der Waals surface area contributed by atoms with Crippen LogP contribution in [0.2, 0.25) is 0 Å². The van der Waals surface area contributed by atoms with Crippen LogP contribution in [0.4, 0.5) is 0 Å². The summed E-state index contributed by atoms with van der Waals surface area (Å²) in [5, 5.41) is 20.4. The van der Waals surface area contributed by atoms with E-state index in [-0.39, 0.29) is 12.2 Å². The zero-order valence-corrected chi connectivity index (χ0v) is 18.6. The number of allylic oxidation sites excluding steroid dienone is 8. The molecule has 0 aromatic heterocycles. The average Bonchev–Trinajstić information content (AvgIpc) is 2.96. The maximum absolute atomic E-state index is 10.4. The van der Waals surface area contributed by atoms with E-state index in [1.807, 2.05) is 13.0 Å². The predicted molar refractivity (Wildman–Crippen MR) is 124 cm³/mol. The molecule has 29 heavy (non-hydrogen) atoms. The highest BCUT2D eigenvalue weighted by Crippen LogP contribution is 2.27. The number of unbranched alkanes of at least 4 members (excludes halogenated alkanes) is 1. The van der Waals surface area contributed by atoms with Crippen LogP contribution in [0.3, 0.4) is 0 Å². The molecule has 1 aliphatic heterocycles. The average molecular weight is 401 g/mol. The van der Waals surface area contributed by atoms with E-state index in [1.54, 1.807) is 0 Å². The molecule has 162 valence electrons. The third-order valence-corrected chi connectivity index (χ3v) is 5.17. The van der Waals surface area contributed by atoms with Crippen LogP contribution in [0.5, 0.6) is 0 Å². The van der Waals surface area contributed by atoms with Gasteiger partial charge in [-0.2, -0.15) is 0 Å². The van der Waals surface area contributed by atoms with Gasteiger partial charge < -0.3 is 14.9 Å². The number of aliphatic hydroxyl groups excluding tert-OH is 2. The number of hydrogen-bond acceptors (Lipinski definition) is 3. The van der Waals surface area contributed by atoms with Crippen molar-refractivity contribution >= 4 is 0 Å². The molecule has 4 atom stereocenters. The van der Waals surface area contributed by atoms with Crippen LogP contribution >= 0.6 is 0 Å². The van der Waals surface area contributed by atoms with Gasteiger partial charge in [-0.1, -0.05) is 60.3 Å². The van der Waals surface area contributed by atoms with E-state index in [1.165, 1.54) is 11.1 Å². The van der Waals surface area contributed by atoms with Crippen LogP contribution in [0.1, 0.15) is 65.7 Å². The number of aliphatic hydroxyl groups is 2. The van der Waals surface area contributed by atoms with Crippen molar-refractivity contribution < 1.29 is 14.9 Å². The summed E-state index contributed by atoms with van der Waals surface area (Å²) in [6.07, 6.45) is 14.6. The molecule has 0 spiro atoms. The number of rotatable bonds is 13. The van der Waals surface area contributed by atoms with E-state index in [2.05, 4.69) is 57.9 Å². The van der Waals surface area contributed by atoms with Crippen LogP contribution in [-0.4, -0.2) is 34.6 Å². The van der Waals surface area contributed by atoms with Crippen LogP contribution in [0, 0.1) is 0 Å². The molecule has 1 fully saturated rings. The molecule has 1 heterocycles. The SMILES string of the molecule is C=CCC/C=C/C=C(\C)CC(=C)/C=C(\C)CC[C@H](O)C(=C)C[C@@H]1O[C@H](C)C[C@@H]1O. The molecule has 2 N–H and O–H groups in total. The second kappa shape index (κ2) is 13.5. The summed E-state index contributed by atoms with van der Waals surface area (Å²) in [5.74, 6) is 0. The van der Waals surface area contributed by atoms with E-state index in [9.17, 15) is 10.2 Å². The second-order valence-corrected chi connectivity index (χ2v) is 8.34. The highest BCUT2D eigenvalue weighted by molar-refractivity contribution is 5.26. The van der Waals surface area contributed by atoms with Crippen molar-refractivity contribution in [2.75, 3.05) is 0 Å². The lowest BCUT2D eigenvalue weighted by Crippen LogP contribution is -2.24. The molecule has 1 aliphatic rings. The van der Waals surface area contributed by atoms with Gasteiger partial charge in [0.05, 0.1) is 24.4 Å². The summed E-state index contributed by atoms with van der Waals surface area (Å²) in [6, 6.07) is 0. The van der Waals surface area contributed by atoms with Crippen molar-refractivity contribution in [1.29, 1.82) is 0 Å². The highest BCUT2D eigenvalue weighted by Gasteiger charge is 2.32. The van der Waals surface area contributed by atoms with E-state index in [4.69, 9.17) is 4.74 Å². The molecule has 0 aromatic rings. The van der Waals surface area contributed by atoms with Gasteiger partial charge in [0.1, 0.15) is 0 Å². The molecule has 3 heteroatoms.